The Hall–Kier alpha value is -2.44. The molecule has 0 heterocycles. The van der Waals surface area contributed by atoms with Crippen LogP contribution in [0, 0.1) is 6.92 Å². The van der Waals surface area contributed by atoms with Gasteiger partial charge in [-0.15, -0.1) is 0 Å². The standard InChI is InChI=1S/C16H12N2/c1-11-12-6-2-4-8-14(12)16(10-18-17)15-9-5-3-7-13(11)15/h2-10H,1H3. The number of fused-ring (bicyclic) bond motifs is 2. The Bertz CT molecular complexity index is 740. The van der Waals surface area contributed by atoms with Gasteiger partial charge in [0, 0.05) is 0 Å². The molecule has 0 bridgehead atoms. The van der Waals surface area contributed by atoms with Crippen LogP contribution in [0.1, 0.15) is 11.1 Å². The molecule has 0 aromatic heterocycles. The summed E-state index contributed by atoms with van der Waals surface area (Å²) >= 11 is 0. The Morgan fingerprint density at radius 1 is 0.833 bits per heavy atom. The number of rotatable bonds is 1. The molecule has 0 atom stereocenters. The first-order valence-electron chi connectivity index (χ1n) is 5.90. The van der Waals surface area contributed by atoms with Gasteiger partial charge in [0.2, 0.25) is 0 Å². The molecule has 0 radical (unpaired) electrons. The van der Waals surface area contributed by atoms with E-state index in [1.165, 1.54) is 22.6 Å². The van der Waals surface area contributed by atoms with Crippen LogP contribution in [0.2, 0.25) is 0 Å². The molecule has 0 N–H and O–H groups in total. The highest BCUT2D eigenvalue weighted by atomic mass is 14.8. The van der Waals surface area contributed by atoms with Gasteiger partial charge in [0.1, 0.15) is 0 Å². The zero-order chi connectivity index (χ0) is 12.5. The molecular weight excluding hydrogens is 220 g/mol. The second kappa shape index (κ2) is 4.10. The minimum Gasteiger partial charge on any atom is -0.361 e. The zero-order valence-corrected chi connectivity index (χ0v) is 10.1. The Morgan fingerprint density at radius 3 is 1.72 bits per heavy atom. The first-order valence-corrected chi connectivity index (χ1v) is 5.90. The maximum atomic E-state index is 8.88. The predicted molar refractivity (Wildman–Crippen MR) is 75.0 cm³/mol. The van der Waals surface area contributed by atoms with E-state index in [0.717, 1.165) is 16.3 Å². The quantitative estimate of drug-likeness (QED) is 0.264. The lowest BCUT2D eigenvalue weighted by molar-refractivity contribution is 0.00477. The molecule has 2 heteroatoms. The smallest absolute Gasteiger partial charge is 0.288 e. The van der Waals surface area contributed by atoms with Crippen LogP contribution < -0.4 is 0 Å². The third-order valence-electron chi connectivity index (χ3n) is 3.43. The Morgan fingerprint density at radius 2 is 1.28 bits per heavy atom. The fourth-order valence-electron chi connectivity index (χ4n) is 2.58. The van der Waals surface area contributed by atoms with E-state index >= 15 is 0 Å². The van der Waals surface area contributed by atoms with Gasteiger partial charge in [-0.05, 0) is 34.0 Å². The van der Waals surface area contributed by atoms with Gasteiger partial charge in [-0.1, -0.05) is 48.5 Å². The van der Waals surface area contributed by atoms with Crippen LogP contribution in [0.15, 0.2) is 48.5 Å². The van der Waals surface area contributed by atoms with Crippen molar-refractivity contribution < 1.29 is 4.79 Å². The molecule has 18 heavy (non-hydrogen) atoms. The average molecular weight is 232 g/mol. The van der Waals surface area contributed by atoms with Crippen LogP contribution in [0.4, 0.5) is 0 Å². The normalized spacial score (nSPS) is 10.5. The van der Waals surface area contributed by atoms with Gasteiger partial charge in [0.05, 0.1) is 5.56 Å². The van der Waals surface area contributed by atoms with Gasteiger partial charge < -0.3 is 5.53 Å². The maximum absolute atomic E-state index is 8.88. The summed E-state index contributed by atoms with van der Waals surface area (Å²) in [4.78, 5) is 3.21. The van der Waals surface area contributed by atoms with Crippen LogP contribution in [0.3, 0.4) is 0 Å². The number of benzene rings is 3. The summed E-state index contributed by atoms with van der Waals surface area (Å²) < 4.78 is 0. The fraction of sp³-hybridized carbons (Fsp3) is 0.0625. The van der Waals surface area contributed by atoms with E-state index in [4.69, 9.17) is 5.53 Å². The second-order valence-electron chi connectivity index (χ2n) is 4.37. The molecule has 0 saturated heterocycles. The first-order chi connectivity index (χ1) is 8.83. The summed E-state index contributed by atoms with van der Waals surface area (Å²) in [6, 6.07) is 16.4. The lowest BCUT2D eigenvalue weighted by atomic mass is 9.93. The topological polar surface area (TPSA) is 36.4 Å². The van der Waals surface area contributed by atoms with Crippen molar-refractivity contribution in [2.45, 2.75) is 6.92 Å². The van der Waals surface area contributed by atoms with Gasteiger partial charge >= 0.3 is 0 Å². The minimum absolute atomic E-state index is 0.967. The first kappa shape index (κ1) is 10.7. The molecule has 0 aliphatic heterocycles. The monoisotopic (exact) mass is 232 g/mol. The third kappa shape index (κ3) is 1.44. The second-order valence-corrected chi connectivity index (χ2v) is 4.37. The molecule has 0 aliphatic carbocycles. The van der Waals surface area contributed by atoms with Crippen molar-refractivity contribution >= 4 is 27.8 Å². The molecule has 0 amide bonds. The number of aryl methyl sites for hydroxylation is 1. The molecule has 3 aromatic carbocycles. The van der Waals surface area contributed by atoms with Gasteiger partial charge in [0.25, 0.3) is 6.21 Å². The Kier molecular flexibility index (Phi) is 2.44. The van der Waals surface area contributed by atoms with Crippen LogP contribution in [-0.2, 0) is 0 Å². The molecule has 0 saturated carbocycles. The van der Waals surface area contributed by atoms with Crippen molar-refractivity contribution in [2.24, 2.45) is 0 Å². The number of nitrogens with zero attached hydrogens (tertiary/aromatic N) is 2. The van der Waals surface area contributed by atoms with Crippen LogP contribution in [-0.4, -0.2) is 11.0 Å². The molecule has 3 aromatic rings. The van der Waals surface area contributed by atoms with Gasteiger partial charge in [-0.2, -0.15) is 4.79 Å². The van der Waals surface area contributed by atoms with Crippen molar-refractivity contribution in [1.29, 1.82) is 0 Å². The zero-order valence-electron chi connectivity index (χ0n) is 10.1. The summed E-state index contributed by atoms with van der Waals surface area (Å²) in [5, 5.41) is 4.63. The lowest BCUT2D eigenvalue weighted by Crippen LogP contribution is -1.91. The van der Waals surface area contributed by atoms with Crippen LogP contribution >= 0.6 is 0 Å². The third-order valence-corrected chi connectivity index (χ3v) is 3.43. The van der Waals surface area contributed by atoms with E-state index in [-0.39, 0.29) is 0 Å². The summed E-state index contributed by atoms with van der Waals surface area (Å²) in [6.45, 7) is 2.13. The van der Waals surface area contributed by atoms with Crippen LogP contribution in [0.25, 0.3) is 27.1 Å². The molecular formula is C16H12N2. The van der Waals surface area contributed by atoms with Crippen LogP contribution in [0.5, 0.6) is 0 Å². The van der Waals surface area contributed by atoms with E-state index in [9.17, 15) is 0 Å². The van der Waals surface area contributed by atoms with Crippen molar-refractivity contribution in [3.63, 3.8) is 0 Å². The van der Waals surface area contributed by atoms with E-state index in [1.54, 1.807) is 0 Å². The minimum atomic E-state index is 0.967. The highest BCUT2D eigenvalue weighted by Gasteiger charge is 2.11. The summed E-state index contributed by atoms with van der Waals surface area (Å²) in [7, 11) is 0. The van der Waals surface area contributed by atoms with E-state index in [0.29, 0.717) is 0 Å². The number of hydrogen-bond donors (Lipinski definition) is 0. The summed E-state index contributed by atoms with van der Waals surface area (Å²) in [5.41, 5.74) is 11.1. The molecule has 2 nitrogen and oxygen atoms in total. The predicted octanol–water partition coefficient (Wildman–Crippen LogP) is 3.95. The Labute approximate surface area is 105 Å². The maximum Gasteiger partial charge on any atom is 0.288 e. The summed E-state index contributed by atoms with van der Waals surface area (Å²) in [6.07, 6.45) is 1.52. The van der Waals surface area contributed by atoms with E-state index < -0.39 is 0 Å². The van der Waals surface area contributed by atoms with E-state index in [1.807, 2.05) is 24.3 Å². The van der Waals surface area contributed by atoms with Gasteiger partial charge in [0.15, 0.2) is 0 Å². The molecule has 0 fully saturated rings. The number of hydrogen-bond acceptors (Lipinski definition) is 0. The highest BCUT2D eigenvalue weighted by Crippen LogP contribution is 2.31. The van der Waals surface area contributed by atoms with Crippen molar-refractivity contribution in [1.82, 2.24) is 0 Å². The molecule has 86 valence electrons. The summed E-state index contributed by atoms with van der Waals surface area (Å²) in [5.74, 6) is 0. The molecule has 0 unspecified atom stereocenters. The lowest BCUT2D eigenvalue weighted by Gasteiger charge is -2.09. The van der Waals surface area contributed by atoms with Crippen molar-refractivity contribution in [3.05, 3.63) is 65.2 Å². The molecule has 0 aliphatic rings. The fourth-order valence-corrected chi connectivity index (χ4v) is 2.58. The van der Waals surface area contributed by atoms with Gasteiger partial charge in [-0.25, -0.2) is 0 Å². The largest absolute Gasteiger partial charge is 0.361 e. The van der Waals surface area contributed by atoms with Crippen molar-refractivity contribution in [3.8, 4) is 0 Å². The molecule has 3 rings (SSSR count). The average Bonchev–Trinajstić information content (AvgIpc) is 2.43. The molecule has 0 spiro atoms. The Balaban J connectivity index is 2.67. The highest BCUT2D eigenvalue weighted by molar-refractivity contribution is 6.14. The van der Waals surface area contributed by atoms with E-state index in [2.05, 4.69) is 36.0 Å². The van der Waals surface area contributed by atoms with Gasteiger partial charge in [-0.3, -0.25) is 0 Å². The van der Waals surface area contributed by atoms with Crippen molar-refractivity contribution in [2.75, 3.05) is 0 Å². The SMILES string of the molecule is Cc1c2ccccc2c(C=[N+]=[N-])c2ccccc12.